The van der Waals surface area contributed by atoms with Gasteiger partial charge in [-0.05, 0) is 50.5 Å². The second-order valence-electron chi connectivity index (χ2n) is 6.51. The van der Waals surface area contributed by atoms with Gasteiger partial charge < -0.3 is 0 Å². The van der Waals surface area contributed by atoms with E-state index < -0.39 is 0 Å². The smallest absolute Gasteiger partial charge is 0.263 e. The fourth-order valence-corrected chi connectivity index (χ4v) is 3.55. The second-order valence-corrected chi connectivity index (χ2v) is 6.51. The van der Waals surface area contributed by atoms with E-state index >= 15 is 0 Å². The standard InChI is InChI=1S/C20H19N5O/c1-12-6-7-16(13(2)10-12)18-14(3)17-11-23-25(19-21-8-5-9-22-19)20(26)24(17)15(18)4/h5-11H,1-4H3. The van der Waals surface area contributed by atoms with Crippen LogP contribution in [0.5, 0.6) is 0 Å². The van der Waals surface area contributed by atoms with E-state index in [-0.39, 0.29) is 11.6 Å². The minimum atomic E-state index is -0.273. The molecule has 0 unspecified atom stereocenters. The maximum absolute atomic E-state index is 13.1. The summed E-state index contributed by atoms with van der Waals surface area (Å²) in [7, 11) is 0. The molecule has 0 aliphatic carbocycles. The van der Waals surface area contributed by atoms with Crippen LogP contribution in [0, 0.1) is 27.7 Å². The summed E-state index contributed by atoms with van der Waals surface area (Å²) in [4.78, 5) is 21.3. The molecule has 0 spiro atoms. The Morgan fingerprint density at radius 3 is 2.42 bits per heavy atom. The van der Waals surface area contributed by atoms with E-state index in [0.29, 0.717) is 0 Å². The Morgan fingerprint density at radius 2 is 1.73 bits per heavy atom. The van der Waals surface area contributed by atoms with Crippen molar-refractivity contribution in [3.63, 3.8) is 0 Å². The van der Waals surface area contributed by atoms with Crippen molar-refractivity contribution >= 4 is 5.52 Å². The van der Waals surface area contributed by atoms with Crippen LogP contribution in [-0.4, -0.2) is 24.1 Å². The third kappa shape index (κ3) is 2.34. The normalized spacial score (nSPS) is 11.2. The minimum Gasteiger partial charge on any atom is -0.263 e. The lowest BCUT2D eigenvalue weighted by atomic mass is 9.96. The molecule has 0 aliphatic heterocycles. The van der Waals surface area contributed by atoms with Crippen LogP contribution in [-0.2, 0) is 0 Å². The number of aryl methyl sites for hydroxylation is 4. The first-order valence-corrected chi connectivity index (χ1v) is 8.44. The molecule has 1 aromatic carbocycles. The van der Waals surface area contributed by atoms with E-state index in [4.69, 9.17) is 0 Å². The molecule has 0 fully saturated rings. The molecule has 0 radical (unpaired) electrons. The van der Waals surface area contributed by atoms with Gasteiger partial charge in [-0.2, -0.15) is 5.10 Å². The Morgan fingerprint density at radius 1 is 1.00 bits per heavy atom. The van der Waals surface area contributed by atoms with Gasteiger partial charge in [-0.1, -0.05) is 23.8 Å². The molecule has 4 aromatic rings. The van der Waals surface area contributed by atoms with E-state index in [1.807, 2.05) is 13.8 Å². The van der Waals surface area contributed by atoms with Crippen molar-refractivity contribution in [2.75, 3.05) is 0 Å². The third-order valence-electron chi connectivity index (χ3n) is 4.76. The van der Waals surface area contributed by atoms with Gasteiger partial charge in [0.2, 0.25) is 0 Å². The van der Waals surface area contributed by atoms with Crippen molar-refractivity contribution in [3.8, 4) is 17.1 Å². The molecule has 26 heavy (non-hydrogen) atoms. The first-order chi connectivity index (χ1) is 12.5. The molecule has 0 atom stereocenters. The fraction of sp³-hybridized carbons (Fsp3) is 0.200. The van der Waals surface area contributed by atoms with Crippen LogP contribution in [0.2, 0.25) is 0 Å². The molecule has 130 valence electrons. The van der Waals surface area contributed by atoms with E-state index in [9.17, 15) is 4.79 Å². The Bertz CT molecular complexity index is 1190. The molecule has 3 aromatic heterocycles. The average molecular weight is 345 g/mol. The average Bonchev–Trinajstić information content (AvgIpc) is 2.88. The molecule has 0 bridgehead atoms. The van der Waals surface area contributed by atoms with Gasteiger partial charge in [0.1, 0.15) is 0 Å². The number of hydrogen-bond donors (Lipinski definition) is 0. The van der Waals surface area contributed by atoms with Gasteiger partial charge >= 0.3 is 5.69 Å². The largest absolute Gasteiger partial charge is 0.356 e. The summed E-state index contributed by atoms with van der Waals surface area (Å²) < 4.78 is 2.92. The molecule has 0 N–H and O–H groups in total. The molecule has 4 rings (SSSR count). The highest BCUT2D eigenvalue weighted by Gasteiger charge is 2.19. The summed E-state index contributed by atoms with van der Waals surface area (Å²) in [6, 6.07) is 8.07. The SMILES string of the molecule is Cc1ccc(-c2c(C)c3cnn(-c4ncccn4)c(=O)n3c2C)c(C)c1. The lowest BCUT2D eigenvalue weighted by molar-refractivity contribution is 0.703. The predicted octanol–water partition coefficient (Wildman–Crippen LogP) is 3.18. The number of rotatable bonds is 2. The van der Waals surface area contributed by atoms with Crippen LogP contribution in [0.3, 0.4) is 0 Å². The van der Waals surface area contributed by atoms with Gasteiger partial charge in [-0.25, -0.2) is 14.8 Å². The van der Waals surface area contributed by atoms with Crippen LogP contribution in [0.4, 0.5) is 0 Å². The maximum Gasteiger partial charge on any atom is 0.356 e. The summed E-state index contributed by atoms with van der Waals surface area (Å²) in [6.07, 6.45) is 4.89. The molecular formula is C20H19N5O. The summed E-state index contributed by atoms with van der Waals surface area (Å²) in [5, 5.41) is 4.28. The first-order valence-electron chi connectivity index (χ1n) is 8.44. The van der Waals surface area contributed by atoms with E-state index in [1.54, 1.807) is 29.1 Å². The van der Waals surface area contributed by atoms with Crippen molar-refractivity contribution < 1.29 is 0 Å². The van der Waals surface area contributed by atoms with Crippen molar-refractivity contribution in [1.29, 1.82) is 0 Å². The van der Waals surface area contributed by atoms with E-state index in [1.165, 1.54) is 15.8 Å². The highest BCUT2D eigenvalue weighted by molar-refractivity contribution is 5.80. The van der Waals surface area contributed by atoms with Crippen molar-refractivity contribution in [2.24, 2.45) is 0 Å². The van der Waals surface area contributed by atoms with Gasteiger partial charge in [-0.15, -0.1) is 4.68 Å². The maximum atomic E-state index is 13.1. The van der Waals surface area contributed by atoms with Crippen LogP contribution < -0.4 is 5.69 Å². The van der Waals surface area contributed by atoms with Gasteiger partial charge in [0.15, 0.2) is 0 Å². The zero-order valence-electron chi connectivity index (χ0n) is 15.2. The van der Waals surface area contributed by atoms with Gasteiger partial charge in [-0.3, -0.25) is 4.40 Å². The summed E-state index contributed by atoms with van der Waals surface area (Å²) in [5.41, 5.74) is 7.08. The minimum absolute atomic E-state index is 0.262. The molecule has 0 aliphatic rings. The summed E-state index contributed by atoms with van der Waals surface area (Å²) in [5.74, 6) is 0.262. The topological polar surface area (TPSA) is 65.1 Å². The molecule has 0 saturated heterocycles. The lowest BCUT2D eigenvalue weighted by Crippen LogP contribution is -2.29. The van der Waals surface area contributed by atoms with Gasteiger partial charge in [0, 0.05) is 23.7 Å². The van der Waals surface area contributed by atoms with Crippen LogP contribution in [0.15, 0.2) is 47.7 Å². The zero-order valence-corrected chi connectivity index (χ0v) is 15.2. The van der Waals surface area contributed by atoms with E-state index in [2.05, 4.69) is 47.1 Å². The number of nitrogens with zero attached hydrogens (tertiary/aromatic N) is 5. The number of fused-ring (bicyclic) bond motifs is 1. The number of hydrogen-bond acceptors (Lipinski definition) is 4. The lowest BCUT2D eigenvalue weighted by Gasteiger charge is -2.08. The van der Waals surface area contributed by atoms with Crippen molar-refractivity contribution in [2.45, 2.75) is 27.7 Å². The summed E-state index contributed by atoms with van der Waals surface area (Å²) >= 11 is 0. The molecule has 0 amide bonds. The molecule has 6 heteroatoms. The molecule has 6 nitrogen and oxygen atoms in total. The highest BCUT2D eigenvalue weighted by atomic mass is 16.2. The molecule has 3 heterocycles. The monoisotopic (exact) mass is 345 g/mol. The molecular weight excluding hydrogens is 326 g/mol. The number of benzene rings is 1. The third-order valence-corrected chi connectivity index (χ3v) is 4.76. The first kappa shape index (κ1) is 16.2. The van der Waals surface area contributed by atoms with Crippen molar-refractivity contribution in [3.05, 3.63) is 75.7 Å². The van der Waals surface area contributed by atoms with Crippen LogP contribution >= 0.6 is 0 Å². The Hall–Kier alpha value is -3.28. The van der Waals surface area contributed by atoms with Crippen LogP contribution in [0.1, 0.15) is 22.4 Å². The zero-order chi connectivity index (χ0) is 18.4. The second kappa shape index (κ2) is 5.91. The predicted molar refractivity (Wildman–Crippen MR) is 101 cm³/mol. The quantitative estimate of drug-likeness (QED) is 0.560. The van der Waals surface area contributed by atoms with Crippen LogP contribution in [0.25, 0.3) is 22.6 Å². The van der Waals surface area contributed by atoms with Gasteiger partial charge in [0.25, 0.3) is 5.95 Å². The Kier molecular flexibility index (Phi) is 3.68. The molecule has 0 saturated carbocycles. The Labute approximate surface area is 150 Å². The highest BCUT2D eigenvalue weighted by Crippen LogP contribution is 2.33. The van der Waals surface area contributed by atoms with Crippen molar-refractivity contribution in [1.82, 2.24) is 24.1 Å². The van der Waals surface area contributed by atoms with Gasteiger partial charge in [0.05, 0.1) is 11.7 Å². The Balaban J connectivity index is 2.04. The number of aromatic nitrogens is 5. The van der Waals surface area contributed by atoms with E-state index in [0.717, 1.165) is 27.9 Å². The summed E-state index contributed by atoms with van der Waals surface area (Å²) in [6.45, 7) is 8.17. The fourth-order valence-electron chi connectivity index (χ4n) is 3.55.